The first-order valence-corrected chi connectivity index (χ1v) is 49.2. The molecule has 2 fully saturated rings. The molecule has 2 N–H and O–H groups in total. The number of H-pyrrole nitrogens is 1. The zero-order valence-electron chi connectivity index (χ0n) is 74.2. The van der Waals surface area contributed by atoms with E-state index in [4.69, 9.17) is 69.8 Å². The number of esters is 2. The number of aliphatic imine (C=N–C) groups is 1. The third kappa shape index (κ3) is 41.0. The molecule has 4 aromatic rings. The molecule has 2 saturated heterocycles. The molecule has 0 radical (unpaired) electrons. The maximum absolute atomic E-state index is 14.2. The molecule has 0 aliphatic carbocycles. The molecule has 0 bridgehead atoms. The van der Waals surface area contributed by atoms with E-state index < -0.39 is 86.1 Å². The van der Waals surface area contributed by atoms with Crippen LogP contribution < -0.4 is 25.5 Å². The first kappa shape index (κ1) is 102. The van der Waals surface area contributed by atoms with Crippen LogP contribution in [0.5, 0.6) is 17.2 Å². The highest BCUT2D eigenvalue weighted by Gasteiger charge is 2.50. The van der Waals surface area contributed by atoms with Crippen LogP contribution in [0.25, 0.3) is 16.0 Å². The number of ether oxygens (including phenoxy) is 8. The predicted octanol–water partition coefficient (Wildman–Crippen LogP) is 22.1. The second-order valence-electron chi connectivity index (χ2n) is 33.0. The fourth-order valence-electron chi connectivity index (χ4n) is 15.5. The van der Waals surface area contributed by atoms with Crippen LogP contribution >= 0.6 is 6.72 Å². The predicted molar refractivity (Wildman–Crippen MR) is 476 cm³/mol. The summed E-state index contributed by atoms with van der Waals surface area (Å²) in [4.78, 5) is 79.0. The van der Waals surface area contributed by atoms with Crippen LogP contribution in [0.4, 0.5) is 5.82 Å². The number of carbonyl (C=O) groups excluding carboxylic acids is 2. The number of hydrogen-bond acceptors (Lipinski definition) is 21. The minimum Gasteiger partial charge on any atom is -0.490 e. The van der Waals surface area contributed by atoms with E-state index in [1.54, 1.807) is 4.57 Å². The van der Waals surface area contributed by atoms with Crippen LogP contribution in [-0.4, -0.2) is 155 Å². The Balaban J connectivity index is 1.13. The summed E-state index contributed by atoms with van der Waals surface area (Å²) >= 11 is 6.04. The van der Waals surface area contributed by atoms with Gasteiger partial charge in [-0.25, -0.2) is 31.3 Å². The summed E-state index contributed by atoms with van der Waals surface area (Å²) in [7, 11) is 5.08. The highest BCUT2D eigenvalue weighted by atomic mass is 32.5. The van der Waals surface area contributed by atoms with Crippen molar-refractivity contribution in [2.24, 2.45) is 4.99 Å². The summed E-state index contributed by atoms with van der Waals surface area (Å²) in [5, 5.41) is 10.6. The van der Waals surface area contributed by atoms with Crippen molar-refractivity contribution in [3.8, 4) is 17.2 Å². The molecule has 0 saturated carbocycles. The third-order valence-corrected chi connectivity index (χ3v) is 25.1. The summed E-state index contributed by atoms with van der Waals surface area (Å²) < 4.78 is 72.7. The van der Waals surface area contributed by atoms with Gasteiger partial charge in [-0.2, -0.15) is 0 Å². The molecule has 2 aliphatic heterocycles. The molecule has 0 amide bonds. The van der Waals surface area contributed by atoms with Crippen molar-refractivity contribution in [3.63, 3.8) is 0 Å². The average Bonchev–Trinajstić information content (AvgIpc) is 1.64. The number of nitrogens with zero attached hydrogens (tertiary/aromatic N) is 8. The number of hydrogen-bond donors (Lipinski definition) is 2. The van der Waals surface area contributed by atoms with Crippen LogP contribution in [0.2, 0.25) is 0 Å². The molecule has 8 atom stereocenters. The van der Waals surface area contributed by atoms with Crippen LogP contribution in [0.3, 0.4) is 0 Å². The van der Waals surface area contributed by atoms with E-state index in [1.165, 1.54) is 283 Å². The van der Waals surface area contributed by atoms with Crippen molar-refractivity contribution in [2.45, 2.75) is 405 Å². The first-order valence-electron chi connectivity index (χ1n) is 46.6. The smallest absolute Gasteiger partial charge is 0.330 e. The zero-order valence-corrected chi connectivity index (χ0v) is 75.9. The second kappa shape index (κ2) is 63.1. The monoisotopic (exact) mass is 1700 g/mol. The fourth-order valence-corrected chi connectivity index (χ4v) is 17.5. The Hall–Kier alpha value is -5.88. The number of imidazole rings is 1. The molecule has 27 heteroatoms. The topological polar surface area (TPSA) is 274 Å². The second-order valence-corrected chi connectivity index (χ2v) is 36.0. The van der Waals surface area contributed by atoms with Gasteiger partial charge in [-0.3, -0.25) is 33.0 Å². The summed E-state index contributed by atoms with van der Waals surface area (Å²) in [6.07, 6.45) is 57.3. The van der Waals surface area contributed by atoms with Gasteiger partial charge >= 0.3 is 24.3 Å². The van der Waals surface area contributed by atoms with Gasteiger partial charge in [-0.1, -0.05) is 310 Å². The highest BCUT2D eigenvalue weighted by Crippen LogP contribution is 2.55. The number of aliphatic hydroxyl groups excluding tert-OH is 1. The lowest BCUT2D eigenvalue weighted by molar-refractivity contribution is -0.156. The number of rotatable bonds is 73. The number of carbonyl (C=O) groups is 2. The SMILES string of the molecule is [C-]#[N+]CCOP(=S)(OC[C@H]1O[C@@H](n2cnc3c(/N=C(/C)N(C)C)ncnc32)C[C@H]1OC(=O)CCC(=O)OCc1cc(OCCCCCCCCCCCCCCCCCC)c(OCCCCCCCCCCCCCCCCCC)c(OCCCCCCCCCCCCCCCCCC)c1)O[C@@H]1C(OC)[C@H](n2ccc(=O)[nH]c2=O)O[C@@H]1CO. The normalized spacial score (nSPS) is 17.9. The van der Waals surface area contributed by atoms with Crippen molar-refractivity contribution in [3.05, 3.63) is 74.9 Å². The summed E-state index contributed by atoms with van der Waals surface area (Å²) in [5.41, 5.74) is 0.00891. The number of nitrogens with one attached hydrogen (secondary N) is 1. The maximum atomic E-state index is 14.2. The van der Waals surface area contributed by atoms with E-state index in [0.717, 1.165) is 62.0 Å². The van der Waals surface area contributed by atoms with Gasteiger partial charge in [0.15, 0.2) is 34.7 Å². The maximum Gasteiger partial charge on any atom is 0.330 e. The van der Waals surface area contributed by atoms with Gasteiger partial charge in [0.2, 0.25) is 12.3 Å². The van der Waals surface area contributed by atoms with Crippen molar-refractivity contribution in [1.29, 1.82) is 0 Å². The van der Waals surface area contributed by atoms with Crippen LogP contribution in [0.15, 0.2) is 51.6 Å². The lowest BCUT2D eigenvalue weighted by Crippen LogP contribution is -2.40. The Labute approximate surface area is 718 Å². The largest absolute Gasteiger partial charge is 0.490 e. The van der Waals surface area contributed by atoms with E-state index in [-0.39, 0.29) is 39.0 Å². The molecular weight excluding hydrogens is 1550 g/mol. The van der Waals surface area contributed by atoms with Crippen molar-refractivity contribution in [2.75, 3.05) is 67.4 Å². The molecule has 1 aromatic carbocycles. The Kier molecular flexibility index (Phi) is 54.0. The van der Waals surface area contributed by atoms with Crippen molar-refractivity contribution >= 4 is 53.3 Å². The molecule has 674 valence electrons. The summed E-state index contributed by atoms with van der Waals surface area (Å²) in [6.45, 7) is 12.2. The van der Waals surface area contributed by atoms with Gasteiger partial charge < -0.3 is 61.8 Å². The lowest BCUT2D eigenvalue weighted by Gasteiger charge is -2.30. The van der Waals surface area contributed by atoms with E-state index in [9.17, 15) is 24.3 Å². The molecular formula is C92H154N9O16PS. The zero-order chi connectivity index (χ0) is 85.2. The Morgan fingerprint density at radius 2 is 1.07 bits per heavy atom. The average molecular weight is 1710 g/mol. The van der Waals surface area contributed by atoms with E-state index in [0.29, 0.717) is 65.4 Å². The van der Waals surface area contributed by atoms with Crippen LogP contribution in [-0.2, 0) is 65.3 Å². The van der Waals surface area contributed by atoms with Crippen molar-refractivity contribution < 1.29 is 66.2 Å². The van der Waals surface area contributed by atoms with Gasteiger partial charge in [0.1, 0.15) is 62.1 Å². The Morgan fingerprint density at radius 3 is 1.51 bits per heavy atom. The lowest BCUT2D eigenvalue weighted by atomic mass is 10.0. The number of aliphatic hydroxyl groups is 1. The van der Waals surface area contributed by atoms with E-state index in [1.807, 2.05) is 38.1 Å². The van der Waals surface area contributed by atoms with Gasteiger partial charge in [0.25, 0.3) is 5.56 Å². The molecule has 2 unspecified atom stereocenters. The molecule has 3 aromatic heterocycles. The van der Waals surface area contributed by atoms with Gasteiger partial charge in [0, 0.05) is 39.9 Å². The van der Waals surface area contributed by atoms with E-state index in [2.05, 4.69) is 50.5 Å². The number of benzene rings is 1. The number of unbranched alkanes of at least 4 members (excludes halogenated alkanes) is 45. The quantitative estimate of drug-likeness (QED) is 0.0104. The summed E-state index contributed by atoms with van der Waals surface area (Å²) in [6, 6.07) is 4.95. The number of amidine groups is 1. The number of aromatic nitrogens is 6. The van der Waals surface area contributed by atoms with Crippen molar-refractivity contribution in [1.82, 2.24) is 34.0 Å². The minimum atomic E-state index is -4.01. The minimum absolute atomic E-state index is 0.0503. The number of methoxy groups -OCH3 is 1. The molecule has 25 nitrogen and oxygen atoms in total. The third-order valence-electron chi connectivity index (χ3n) is 22.8. The Bertz CT molecular complexity index is 3550. The molecule has 119 heavy (non-hydrogen) atoms. The standard InChI is InChI=1S/C92H154N9O16PS/c1-9-12-15-18-21-24-27-30-33-36-39-42-45-48-51-54-62-108-77-66-75(67-78(109-63-55-52-49-46-43-40-37-34-31-28-25-22-19-16-13-10-2)86(77)110-64-56-53-50-47-44-41-38-35-32-29-26-23-20-17-14-11-3)70-111-83(104)57-58-84(105)115-76-68-82(101-73-96-85-89(94-72-95-90(85)101)97-74(4)99(6)7)114-80(76)71-113-118(119,112-65-60-93-5)117-87-79(69-102)116-91(88(87)107-8)100-61-59-81(103)98-92(100)106/h59,61,66-67,72-73,76,79-80,82,87-88,91,102H,9-58,60,62-65,68-71H2,1-4,6-8H3,(H,98,103,106)/b97-74-/t76-,79-,80-,82-,87+,88?,91-,118?/m1/s1. The van der Waals surface area contributed by atoms with Gasteiger partial charge in [-0.15, -0.1) is 0 Å². The summed E-state index contributed by atoms with van der Waals surface area (Å²) in [5.74, 6) is 1.36. The molecule has 0 spiro atoms. The van der Waals surface area contributed by atoms with Gasteiger partial charge in [-0.05, 0) is 55.7 Å². The van der Waals surface area contributed by atoms with E-state index >= 15 is 0 Å². The van der Waals surface area contributed by atoms with Gasteiger partial charge in [0.05, 0.1) is 52.2 Å². The van der Waals surface area contributed by atoms with Crippen LogP contribution in [0, 0.1) is 6.57 Å². The molecule has 6 rings (SSSR count). The molecule has 2 aliphatic rings. The van der Waals surface area contributed by atoms with Crippen LogP contribution in [0.1, 0.15) is 373 Å². The highest BCUT2D eigenvalue weighted by molar-refractivity contribution is 8.07. The fraction of sp³-hybridized carbons (Fsp3) is 0.793. The first-order chi connectivity index (χ1) is 58.2. The number of fused-ring (bicyclic) bond motifs is 1. The molecule has 5 heterocycles. The Morgan fingerprint density at radius 1 is 0.605 bits per heavy atom. The number of aromatic amines is 1.